The minimum Gasteiger partial charge on any atom is -0.462 e. The van der Waals surface area contributed by atoms with Crippen molar-refractivity contribution < 1.29 is 19.1 Å². The third-order valence-corrected chi connectivity index (χ3v) is 7.24. The molecule has 1 amide bonds. The van der Waals surface area contributed by atoms with Gasteiger partial charge in [-0.25, -0.2) is 4.79 Å². The number of carbonyl (C=O) groups is 2. The third-order valence-electron chi connectivity index (χ3n) is 7.24. The average Bonchev–Trinajstić information content (AvgIpc) is 3.62. The van der Waals surface area contributed by atoms with E-state index in [2.05, 4.69) is 0 Å². The Morgan fingerprint density at radius 1 is 0.737 bits per heavy atom. The number of rotatable bonds is 7. The van der Waals surface area contributed by atoms with E-state index in [4.69, 9.17) is 9.47 Å². The van der Waals surface area contributed by atoms with Gasteiger partial charge in [-0.15, -0.1) is 0 Å². The maximum Gasteiger partial charge on any atom is 0.339 e. The molecule has 4 aromatic rings. The van der Waals surface area contributed by atoms with Gasteiger partial charge in [0.15, 0.2) is 5.60 Å². The Bertz CT molecular complexity index is 1460. The molecule has 1 atom stereocenters. The van der Waals surface area contributed by atoms with E-state index in [1.54, 1.807) is 11.8 Å². The number of epoxide rings is 1. The second-order valence-electron chi connectivity index (χ2n) is 9.38. The number of hydrogen-bond acceptors (Lipinski definition) is 4. The minimum atomic E-state index is -1.57. The molecule has 6 rings (SSSR count). The minimum absolute atomic E-state index is 0.178. The average molecular weight is 502 g/mol. The van der Waals surface area contributed by atoms with Crippen molar-refractivity contribution in [3.63, 3.8) is 0 Å². The van der Waals surface area contributed by atoms with Crippen LogP contribution in [0.1, 0.15) is 29.2 Å². The van der Waals surface area contributed by atoms with Crippen LogP contribution >= 0.6 is 0 Å². The van der Waals surface area contributed by atoms with Crippen LogP contribution in [0.5, 0.6) is 0 Å². The number of amides is 1. The van der Waals surface area contributed by atoms with Gasteiger partial charge >= 0.3 is 5.97 Å². The summed E-state index contributed by atoms with van der Waals surface area (Å²) in [6, 6.07) is 38.6. The van der Waals surface area contributed by atoms with Crippen molar-refractivity contribution in [2.45, 2.75) is 24.7 Å². The summed E-state index contributed by atoms with van der Waals surface area (Å²) in [5.41, 5.74) is 1.31. The Kier molecular flexibility index (Phi) is 5.93. The van der Waals surface area contributed by atoms with Crippen LogP contribution in [-0.2, 0) is 31.2 Å². The lowest BCUT2D eigenvalue weighted by atomic mass is 9.77. The van der Waals surface area contributed by atoms with Crippen molar-refractivity contribution >= 4 is 17.6 Å². The fraction of sp³-hybridized carbons (Fsp3) is 0.152. The van der Waals surface area contributed by atoms with Gasteiger partial charge in [0.2, 0.25) is 5.60 Å². The first-order chi connectivity index (χ1) is 18.6. The molecule has 2 heterocycles. The summed E-state index contributed by atoms with van der Waals surface area (Å²) < 4.78 is 12.3. The Labute approximate surface area is 221 Å². The Morgan fingerprint density at radius 3 is 1.76 bits per heavy atom. The van der Waals surface area contributed by atoms with Gasteiger partial charge < -0.3 is 14.4 Å². The molecule has 0 N–H and O–H groups in total. The van der Waals surface area contributed by atoms with Crippen molar-refractivity contribution in [1.82, 2.24) is 4.90 Å². The SMILES string of the molecule is CCOC(=O)C1=C(c2ccccc2)N(Cc2ccccc2)C(=O)C12OC2(c1ccccc1)c1ccccc1. The number of nitrogens with zero attached hydrogens (tertiary/aromatic N) is 1. The largest absolute Gasteiger partial charge is 0.462 e. The van der Waals surface area contributed by atoms with Crippen LogP contribution in [0.2, 0.25) is 0 Å². The molecule has 5 nitrogen and oxygen atoms in total. The summed E-state index contributed by atoms with van der Waals surface area (Å²) >= 11 is 0. The van der Waals surface area contributed by atoms with E-state index in [-0.39, 0.29) is 24.6 Å². The number of carbonyl (C=O) groups excluding carboxylic acids is 2. The van der Waals surface area contributed by atoms with E-state index in [1.165, 1.54) is 0 Å². The van der Waals surface area contributed by atoms with E-state index in [0.29, 0.717) is 5.70 Å². The van der Waals surface area contributed by atoms with E-state index in [1.807, 2.05) is 121 Å². The molecule has 5 heteroatoms. The Morgan fingerprint density at radius 2 is 1.24 bits per heavy atom. The molecule has 0 aromatic heterocycles. The van der Waals surface area contributed by atoms with Crippen molar-refractivity contribution in [3.8, 4) is 0 Å². The van der Waals surface area contributed by atoms with E-state index < -0.39 is 17.2 Å². The van der Waals surface area contributed by atoms with Crippen LogP contribution in [0.15, 0.2) is 127 Å². The van der Waals surface area contributed by atoms with Crippen LogP contribution in [0.3, 0.4) is 0 Å². The van der Waals surface area contributed by atoms with Crippen molar-refractivity contribution in [1.29, 1.82) is 0 Å². The normalized spacial score (nSPS) is 19.6. The number of hydrogen-bond donors (Lipinski definition) is 0. The van der Waals surface area contributed by atoms with Gasteiger partial charge in [-0.05, 0) is 29.2 Å². The number of esters is 1. The summed E-state index contributed by atoms with van der Waals surface area (Å²) in [5, 5.41) is 0. The zero-order valence-corrected chi connectivity index (χ0v) is 21.0. The van der Waals surface area contributed by atoms with Crippen LogP contribution in [-0.4, -0.2) is 29.0 Å². The first kappa shape index (κ1) is 23.9. The monoisotopic (exact) mass is 501 g/mol. The summed E-state index contributed by atoms with van der Waals surface area (Å²) in [7, 11) is 0. The maximum atomic E-state index is 14.7. The van der Waals surface area contributed by atoms with E-state index in [9.17, 15) is 9.59 Å². The van der Waals surface area contributed by atoms with Crippen LogP contribution in [0.25, 0.3) is 5.70 Å². The van der Waals surface area contributed by atoms with Gasteiger partial charge in [0.25, 0.3) is 5.91 Å². The molecule has 38 heavy (non-hydrogen) atoms. The van der Waals surface area contributed by atoms with Gasteiger partial charge in [0, 0.05) is 0 Å². The fourth-order valence-corrected chi connectivity index (χ4v) is 5.62. The van der Waals surface area contributed by atoms with Gasteiger partial charge in [0.1, 0.15) is 5.57 Å². The van der Waals surface area contributed by atoms with Gasteiger partial charge in [0.05, 0.1) is 18.8 Å². The molecule has 1 saturated heterocycles. The van der Waals surface area contributed by atoms with Crippen LogP contribution < -0.4 is 0 Å². The third kappa shape index (κ3) is 3.51. The van der Waals surface area contributed by atoms with Gasteiger partial charge in [-0.3, -0.25) is 4.79 Å². The molecule has 0 bridgehead atoms. The second kappa shape index (κ2) is 9.43. The molecule has 2 aliphatic heterocycles. The predicted octanol–water partition coefficient (Wildman–Crippen LogP) is 5.72. The molecule has 0 radical (unpaired) electrons. The van der Waals surface area contributed by atoms with Crippen molar-refractivity contribution in [2.75, 3.05) is 6.61 Å². The molecule has 1 fully saturated rings. The zero-order valence-electron chi connectivity index (χ0n) is 21.0. The highest BCUT2D eigenvalue weighted by Crippen LogP contribution is 2.68. The highest BCUT2D eigenvalue weighted by molar-refractivity contribution is 6.18. The fourth-order valence-electron chi connectivity index (χ4n) is 5.62. The summed E-state index contributed by atoms with van der Waals surface area (Å²) in [5.74, 6) is -0.833. The van der Waals surface area contributed by atoms with Crippen molar-refractivity contribution in [3.05, 3.63) is 149 Å². The molecule has 0 saturated carbocycles. The lowest BCUT2D eigenvalue weighted by molar-refractivity contribution is -0.141. The number of ether oxygens (including phenoxy) is 2. The summed E-state index contributed by atoms with van der Waals surface area (Å²) in [4.78, 5) is 30.2. The topological polar surface area (TPSA) is 59.1 Å². The molecule has 2 aliphatic rings. The molecule has 1 spiro atoms. The summed E-state index contributed by atoms with van der Waals surface area (Å²) in [6.45, 7) is 2.23. The molecular weight excluding hydrogens is 474 g/mol. The Hall–Kier alpha value is -4.48. The highest BCUT2D eigenvalue weighted by atomic mass is 16.6. The lowest BCUT2D eigenvalue weighted by Crippen LogP contribution is -2.40. The molecule has 4 aromatic carbocycles. The van der Waals surface area contributed by atoms with Crippen LogP contribution in [0.4, 0.5) is 0 Å². The quantitative estimate of drug-likeness (QED) is 0.240. The summed E-state index contributed by atoms with van der Waals surface area (Å²) in [6.07, 6.45) is 0. The van der Waals surface area contributed by atoms with Gasteiger partial charge in [-0.1, -0.05) is 121 Å². The first-order valence-corrected chi connectivity index (χ1v) is 12.8. The first-order valence-electron chi connectivity index (χ1n) is 12.8. The molecule has 1 unspecified atom stereocenters. The maximum absolute atomic E-state index is 14.7. The van der Waals surface area contributed by atoms with Gasteiger partial charge in [-0.2, -0.15) is 0 Å². The second-order valence-corrected chi connectivity index (χ2v) is 9.38. The molecule has 0 aliphatic carbocycles. The lowest BCUT2D eigenvalue weighted by Gasteiger charge is -2.22. The number of benzene rings is 4. The highest BCUT2D eigenvalue weighted by Gasteiger charge is 2.83. The van der Waals surface area contributed by atoms with Crippen LogP contribution in [0, 0.1) is 0 Å². The Balaban J connectivity index is 1.64. The molecular formula is C33H27NO4. The van der Waals surface area contributed by atoms with E-state index in [0.717, 1.165) is 22.3 Å². The molecule has 188 valence electrons. The predicted molar refractivity (Wildman–Crippen MR) is 144 cm³/mol. The standard InChI is InChI=1S/C33H27NO4/c1-2-37-30(35)28-29(25-17-9-4-10-18-25)34(23-24-15-7-3-8-16-24)31(36)33(28)32(38-33,26-19-11-5-12-20-26)27-21-13-6-14-22-27/h3-22H,2,23H2,1H3. The zero-order chi connectivity index (χ0) is 26.2. The van der Waals surface area contributed by atoms with Crippen molar-refractivity contribution in [2.24, 2.45) is 0 Å². The smallest absolute Gasteiger partial charge is 0.339 e. The van der Waals surface area contributed by atoms with E-state index >= 15 is 0 Å².